The molecule has 1 rings (SSSR count). The van der Waals surface area contributed by atoms with Gasteiger partial charge in [-0.3, -0.25) is 14.4 Å². The highest BCUT2D eigenvalue weighted by atomic mass is 16.7. The number of Topliss-reactive ketones (excluding diaryl/α,β-unsaturated/α-hetero) is 1. The molecule has 0 N–H and O–H groups in total. The molecule has 0 atom stereocenters. The minimum atomic E-state index is -1.06. The number of nitrogens with zero attached hydrogens (tertiary/aromatic N) is 1. The molecule has 0 unspecified atom stereocenters. The fraction of sp³-hybridized carbons (Fsp3) is 0.438. The summed E-state index contributed by atoms with van der Waals surface area (Å²) in [5.41, 5.74) is 0.724. The van der Waals surface area contributed by atoms with E-state index in [1.54, 1.807) is 18.2 Å². The lowest BCUT2D eigenvalue weighted by molar-refractivity contribution is -0.180. The van der Waals surface area contributed by atoms with E-state index in [0.29, 0.717) is 5.75 Å². The molecule has 0 aliphatic carbocycles. The minimum absolute atomic E-state index is 0.0243. The van der Waals surface area contributed by atoms with Crippen LogP contribution in [0.25, 0.3) is 0 Å². The zero-order chi connectivity index (χ0) is 17.4. The van der Waals surface area contributed by atoms with Crippen molar-refractivity contribution in [2.24, 2.45) is 0 Å². The average molecular weight is 323 g/mol. The molecule has 1 aromatic carbocycles. The molecular weight excluding hydrogens is 302 g/mol. The Labute approximate surface area is 135 Å². The number of hydrogen-bond donors (Lipinski definition) is 0. The van der Waals surface area contributed by atoms with Gasteiger partial charge >= 0.3 is 5.97 Å². The van der Waals surface area contributed by atoms with Crippen molar-refractivity contribution < 1.29 is 28.7 Å². The van der Waals surface area contributed by atoms with Gasteiger partial charge in [-0.1, -0.05) is 18.2 Å². The quantitative estimate of drug-likeness (QED) is 0.312. The molecule has 0 radical (unpaired) electrons. The third-order valence-electron chi connectivity index (χ3n) is 2.87. The number of hydroxylamine groups is 2. The van der Waals surface area contributed by atoms with Gasteiger partial charge in [0.25, 0.3) is 5.91 Å². The fourth-order valence-electron chi connectivity index (χ4n) is 1.82. The lowest BCUT2D eigenvalue weighted by Crippen LogP contribution is -2.33. The molecule has 0 heterocycles. The van der Waals surface area contributed by atoms with Crippen LogP contribution < -0.4 is 4.74 Å². The topological polar surface area (TPSA) is 82.1 Å². The Kier molecular flexibility index (Phi) is 7.21. The molecule has 0 saturated carbocycles. The summed E-state index contributed by atoms with van der Waals surface area (Å²) in [5.74, 6) is -2.00. The number of amides is 1. The van der Waals surface area contributed by atoms with Gasteiger partial charge in [-0.2, -0.15) is 0 Å². The molecule has 7 nitrogen and oxygen atoms in total. The SMILES string of the molecule is COC(=O)C(=O)CC(=O)N(Cc1ccccc1OC(C)C)OC. The third-order valence-corrected chi connectivity index (χ3v) is 2.87. The van der Waals surface area contributed by atoms with Crippen LogP contribution in [0.4, 0.5) is 0 Å². The number of ether oxygens (including phenoxy) is 2. The summed E-state index contributed by atoms with van der Waals surface area (Å²) in [6, 6.07) is 7.20. The Hall–Kier alpha value is -2.41. The monoisotopic (exact) mass is 323 g/mol. The first-order valence-corrected chi connectivity index (χ1v) is 7.09. The normalized spacial score (nSPS) is 10.3. The average Bonchev–Trinajstić information content (AvgIpc) is 2.52. The second kappa shape index (κ2) is 8.89. The summed E-state index contributed by atoms with van der Waals surface area (Å²) in [6.45, 7) is 3.88. The number of para-hydroxylation sites is 1. The second-order valence-corrected chi connectivity index (χ2v) is 4.98. The molecule has 0 aromatic heterocycles. The van der Waals surface area contributed by atoms with Gasteiger partial charge in [0.15, 0.2) is 0 Å². The van der Waals surface area contributed by atoms with Gasteiger partial charge in [0.2, 0.25) is 5.78 Å². The second-order valence-electron chi connectivity index (χ2n) is 4.98. The van der Waals surface area contributed by atoms with Crippen molar-refractivity contribution in [2.75, 3.05) is 14.2 Å². The van der Waals surface area contributed by atoms with Crippen LogP contribution in [0, 0.1) is 0 Å². The molecule has 0 bridgehead atoms. The van der Waals surface area contributed by atoms with E-state index in [1.165, 1.54) is 7.11 Å². The number of carbonyl (C=O) groups is 3. The van der Waals surface area contributed by atoms with Crippen LogP contribution in [0.2, 0.25) is 0 Å². The molecule has 0 aliphatic heterocycles. The van der Waals surface area contributed by atoms with E-state index < -0.39 is 24.1 Å². The molecule has 0 saturated heterocycles. The van der Waals surface area contributed by atoms with E-state index >= 15 is 0 Å². The van der Waals surface area contributed by atoms with Gasteiger partial charge in [0.1, 0.15) is 5.75 Å². The lowest BCUT2D eigenvalue weighted by atomic mass is 10.2. The van der Waals surface area contributed by atoms with Gasteiger partial charge in [-0.05, 0) is 19.9 Å². The summed E-state index contributed by atoms with van der Waals surface area (Å²) < 4.78 is 9.96. The number of benzene rings is 1. The predicted octanol–water partition coefficient (Wildman–Crippen LogP) is 1.50. The molecular formula is C16H21NO6. The Morgan fingerprint density at radius 2 is 1.78 bits per heavy atom. The largest absolute Gasteiger partial charge is 0.491 e. The standard InChI is InChI=1S/C16H21NO6/c1-11(2)23-14-8-6-5-7-12(14)10-17(22-4)15(19)9-13(18)16(20)21-3/h5-8,11H,9-10H2,1-4H3. The van der Waals surface area contributed by atoms with Crippen LogP contribution in [0.5, 0.6) is 5.75 Å². The molecule has 0 spiro atoms. The van der Waals surface area contributed by atoms with E-state index in [0.717, 1.165) is 17.7 Å². The number of hydrogen-bond acceptors (Lipinski definition) is 6. The van der Waals surface area contributed by atoms with Gasteiger partial charge in [0.05, 0.1) is 33.3 Å². The van der Waals surface area contributed by atoms with E-state index in [4.69, 9.17) is 9.57 Å². The van der Waals surface area contributed by atoms with Crippen molar-refractivity contribution in [3.05, 3.63) is 29.8 Å². The van der Waals surface area contributed by atoms with Crippen molar-refractivity contribution in [3.63, 3.8) is 0 Å². The molecule has 23 heavy (non-hydrogen) atoms. The molecule has 7 heteroatoms. The molecule has 126 valence electrons. The van der Waals surface area contributed by atoms with Gasteiger partial charge in [-0.15, -0.1) is 0 Å². The van der Waals surface area contributed by atoms with E-state index in [1.807, 2.05) is 19.9 Å². The Balaban J connectivity index is 2.82. The highest BCUT2D eigenvalue weighted by Gasteiger charge is 2.23. The molecule has 0 aliphatic rings. The van der Waals surface area contributed by atoms with Crippen LogP contribution in [0.3, 0.4) is 0 Å². The van der Waals surface area contributed by atoms with Gasteiger partial charge in [-0.25, -0.2) is 9.86 Å². The van der Waals surface area contributed by atoms with Crippen molar-refractivity contribution in [3.8, 4) is 5.75 Å². The first-order chi connectivity index (χ1) is 10.9. The smallest absolute Gasteiger partial charge is 0.374 e. The minimum Gasteiger partial charge on any atom is -0.491 e. The summed E-state index contributed by atoms with van der Waals surface area (Å²) in [7, 11) is 2.39. The maximum absolute atomic E-state index is 12.1. The van der Waals surface area contributed by atoms with Crippen LogP contribution >= 0.6 is 0 Å². The predicted molar refractivity (Wildman–Crippen MR) is 81.4 cm³/mol. The third kappa shape index (κ3) is 5.71. The van der Waals surface area contributed by atoms with Crippen molar-refractivity contribution in [1.82, 2.24) is 5.06 Å². The molecule has 0 fully saturated rings. The van der Waals surface area contributed by atoms with Crippen molar-refractivity contribution >= 4 is 17.7 Å². The number of methoxy groups -OCH3 is 1. The summed E-state index contributed by atoms with van der Waals surface area (Å²) in [5, 5.41) is 1.00. The fourth-order valence-corrected chi connectivity index (χ4v) is 1.82. The number of rotatable bonds is 8. The van der Waals surface area contributed by atoms with Crippen molar-refractivity contribution in [2.45, 2.75) is 32.9 Å². The zero-order valence-corrected chi connectivity index (χ0v) is 13.7. The van der Waals surface area contributed by atoms with Crippen LogP contribution in [0.1, 0.15) is 25.8 Å². The maximum Gasteiger partial charge on any atom is 0.374 e. The van der Waals surface area contributed by atoms with Crippen LogP contribution in [0.15, 0.2) is 24.3 Å². The number of ketones is 1. The Morgan fingerprint density at radius 3 is 2.35 bits per heavy atom. The van der Waals surface area contributed by atoms with E-state index in [9.17, 15) is 14.4 Å². The molecule has 1 aromatic rings. The summed E-state index contributed by atoms with van der Waals surface area (Å²) in [6.07, 6.45) is -0.642. The Morgan fingerprint density at radius 1 is 1.13 bits per heavy atom. The van der Waals surface area contributed by atoms with Gasteiger partial charge in [0, 0.05) is 5.56 Å². The Bertz CT molecular complexity index is 569. The van der Waals surface area contributed by atoms with Gasteiger partial charge < -0.3 is 9.47 Å². The van der Waals surface area contributed by atoms with Crippen molar-refractivity contribution in [1.29, 1.82) is 0 Å². The maximum atomic E-state index is 12.1. The van der Waals surface area contributed by atoms with Crippen LogP contribution in [-0.4, -0.2) is 43.0 Å². The number of carbonyl (C=O) groups excluding carboxylic acids is 3. The van der Waals surface area contributed by atoms with E-state index in [2.05, 4.69) is 4.74 Å². The van der Waals surface area contributed by atoms with E-state index in [-0.39, 0.29) is 12.6 Å². The highest BCUT2D eigenvalue weighted by Crippen LogP contribution is 2.21. The summed E-state index contributed by atoms with van der Waals surface area (Å²) >= 11 is 0. The first kappa shape index (κ1) is 18.6. The summed E-state index contributed by atoms with van der Waals surface area (Å²) in [4.78, 5) is 39.6. The number of esters is 1. The lowest BCUT2D eigenvalue weighted by Gasteiger charge is -2.21. The highest BCUT2D eigenvalue weighted by molar-refractivity contribution is 6.36. The zero-order valence-electron chi connectivity index (χ0n) is 13.7. The van der Waals surface area contributed by atoms with Crippen LogP contribution in [-0.2, 0) is 30.5 Å². The first-order valence-electron chi connectivity index (χ1n) is 7.09. The molecule has 1 amide bonds.